The molecule has 0 saturated carbocycles. The molecule has 0 nitrogen and oxygen atoms in total. The summed E-state index contributed by atoms with van der Waals surface area (Å²) in [6, 6.07) is 14.7. The van der Waals surface area contributed by atoms with Gasteiger partial charge in [-0.25, -0.2) is 8.78 Å². The van der Waals surface area contributed by atoms with Crippen LogP contribution in [0.15, 0.2) is 36.4 Å². The van der Waals surface area contributed by atoms with Crippen LogP contribution in [-0.2, 0) is 0 Å². The predicted octanol–water partition coefficient (Wildman–Crippen LogP) is 3.87. The van der Waals surface area contributed by atoms with Gasteiger partial charge in [0, 0.05) is 17.5 Å². The summed E-state index contributed by atoms with van der Waals surface area (Å²) in [7, 11) is 0. The Kier molecular flexibility index (Phi) is 1.90. The molecule has 16 heavy (non-hydrogen) atoms. The minimum Gasteiger partial charge on any atom is -0.206 e. The van der Waals surface area contributed by atoms with Gasteiger partial charge in [-0.15, -0.1) is 0 Å². The highest BCUT2D eigenvalue weighted by Crippen LogP contribution is 2.26. The number of fused-ring (bicyclic) bond motifs is 3. The summed E-state index contributed by atoms with van der Waals surface area (Å²) in [5, 5.41) is 2.70. The molecule has 0 unspecified atom stereocenters. The standard InChI is InChI=1S/C14H6F2/c15-10-5-7-11-9(8-10)4-6-13-12(11)2-1-3-14(13)16/h1-2,4-7H. The lowest BCUT2D eigenvalue weighted by atomic mass is 10.0. The molecule has 0 amide bonds. The van der Waals surface area contributed by atoms with Gasteiger partial charge in [-0.3, -0.25) is 0 Å². The smallest absolute Gasteiger partial charge is 0.138 e. The zero-order chi connectivity index (χ0) is 11.1. The van der Waals surface area contributed by atoms with Crippen LogP contribution in [0.3, 0.4) is 0 Å². The number of halogens is 2. The third-order valence-corrected chi connectivity index (χ3v) is 2.63. The third-order valence-electron chi connectivity index (χ3n) is 2.63. The Morgan fingerprint density at radius 2 is 1.62 bits per heavy atom. The molecule has 3 rings (SSSR count). The first-order valence-corrected chi connectivity index (χ1v) is 4.86. The van der Waals surface area contributed by atoms with Gasteiger partial charge in [0.1, 0.15) is 11.6 Å². The Hall–Kier alpha value is -1.96. The fourth-order valence-corrected chi connectivity index (χ4v) is 1.90. The molecule has 3 aromatic carbocycles. The number of hydrogen-bond acceptors (Lipinski definition) is 0. The molecule has 0 saturated heterocycles. The number of hydrogen-bond donors (Lipinski definition) is 0. The minimum absolute atomic E-state index is 0.385. The van der Waals surface area contributed by atoms with Gasteiger partial charge in [0.05, 0.1) is 0 Å². The predicted molar refractivity (Wildman–Crippen MR) is 59.0 cm³/mol. The molecule has 0 aliphatic carbocycles. The van der Waals surface area contributed by atoms with Gasteiger partial charge in [0.25, 0.3) is 0 Å². The molecular weight excluding hydrogens is 206 g/mol. The van der Waals surface area contributed by atoms with Gasteiger partial charge in [-0.05, 0) is 22.2 Å². The van der Waals surface area contributed by atoms with E-state index in [1.165, 1.54) is 12.1 Å². The van der Waals surface area contributed by atoms with Crippen molar-refractivity contribution < 1.29 is 8.78 Å². The Bertz CT molecular complexity index is 687. The van der Waals surface area contributed by atoms with E-state index >= 15 is 0 Å². The summed E-state index contributed by atoms with van der Waals surface area (Å²) >= 11 is 0. The van der Waals surface area contributed by atoms with E-state index in [0.29, 0.717) is 10.8 Å². The van der Waals surface area contributed by atoms with Crippen molar-refractivity contribution in [2.24, 2.45) is 0 Å². The van der Waals surface area contributed by atoms with Crippen LogP contribution in [0.4, 0.5) is 8.78 Å². The minimum atomic E-state index is -0.408. The molecule has 0 heterocycles. The van der Waals surface area contributed by atoms with Crippen LogP contribution in [0.5, 0.6) is 0 Å². The maximum Gasteiger partial charge on any atom is 0.138 e. The van der Waals surface area contributed by atoms with E-state index in [2.05, 4.69) is 12.1 Å². The van der Waals surface area contributed by atoms with Crippen LogP contribution in [0.1, 0.15) is 0 Å². The van der Waals surface area contributed by atoms with Crippen LogP contribution in [0.25, 0.3) is 21.5 Å². The van der Waals surface area contributed by atoms with Gasteiger partial charge >= 0.3 is 0 Å². The van der Waals surface area contributed by atoms with Gasteiger partial charge in [0.2, 0.25) is 0 Å². The van der Waals surface area contributed by atoms with Crippen LogP contribution < -0.4 is 0 Å². The molecule has 0 spiro atoms. The van der Waals surface area contributed by atoms with Crippen molar-refractivity contribution in [1.29, 1.82) is 0 Å². The Morgan fingerprint density at radius 3 is 2.50 bits per heavy atom. The quantitative estimate of drug-likeness (QED) is 0.496. The van der Waals surface area contributed by atoms with Crippen molar-refractivity contribution in [2.45, 2.75) is 0 Å². The van der Waals surface area contributed by atoms with E-state index in [-0.39, 0.29) is 5.82 Å². The molecule has 0 aliphatic rings. The molecule has 0 aliphatic heterocycles. The molecule has 3 aromatic rings. The zero-order valence-electron chi connectivity index (χ0n) is 8.22. The van der Waals surface area contributed by atoms with E-state index in [9.17, 15) is 8.78 Å². The molecule has 0 atom stereocenters. The number of rotatable bonds is 0. The van der Waals surface area contributed by atoms with Crippen molar-refractivity contribution in [3.8, 4) is 0 Å². The lowest BCUT2D eigenvalue weighted by Crippen LogP contribution is -1.83. The van der Waals surface area contributed by atoms with Crippen LogP contribution >= 0.6 is 0 Å². The van der Waals surface area contributed by atoms with Crippen molar-refractivity contribution >= 4 is 21.5 Å². The molecule has 2 heteroatoms. The number of benzene rings is 3. The maximum absolute atomic E-state index is 13.5. The van der Waals surface area contributed by atoms with Crippen LogP contribution in [0, 0.1) is 23.8 Å². The second-order valence-corrected chi connectivity index (χ2v) is 3.59. The average Bonchev–Trinajstić information content (AvgIpc) is 2.28. The summed E-state index contributed by atoms with van der Waals surface area (Å²) in [6.45, 7) is 0. The molecule has 0 bridgehead atoms. The molecule has 0 fully saturated rings. The first-order valence-electron chi connectivity index (χ1n) is 4.86. The maximum atomic E-state index is 13.5. The summed E-state index contributed by atoms with van der Waals surface area (Å²) < 4.78 is 26.4. The van der Waals surface area contributed by atoms with Crippen molar-refractivity contribution in [2.75, 3.05) is 0 Å². The van der Waals surface area contributed by atoms with E-state index in [0.717, 1.165) is 10.8 Å². The molecule has 0 aromatic heterocycles. The summed E-state index contributed by atoms with van der Waals surface area (Å²) in [4.78, 5) is 0. The van der Waals surface area contributed by atoms with Gasteiger partial charge in [-0.1, -0.05) is 30.3 Å². The average molecular weight is 212 g/mol. The highest BCUT2D eigenvalue weighted by atomic mass is 19.1. The van der Waals surface area contributed by atoms with E-state index in [1.54, 1.807) is 24.3 Å². The molecule has 76 valence electrons. The lowest BCUT2D eigenvalue weighted by molar-refractivity contribution is 0.627. The van der Waals surface area contributed by atoms with E-state index in [4.69, 9.17) is 0 Å². The first-order chi connectivity index (χ1) is 7.75. The van der Waals surface area contributed by atoms with Crippen molar-refractivity contribution in [3.05, 3.63) is 60.2 Å². The van der Waals surface area contributed by atoms with Crippen LogP contribution in [0.2, 0.25) is 0 Å². The molecule has 2 radical (unpaired) electrons. The Balaban J connectivity index is 2.55. The Morgan fingerprint density at radius 1 is 0.812 bits per heavy atom. The fourth-order valence-electron chi connectivity index (χ4n) is 1.90. The largest absolute Gasteiger partial charge is 0.206 e. The van der Waals surface area contributed by atoms with E-state index in [1.807, 2.05) is 0 Å². The third kappa shape index (κ3) is 1.27. The van der Waals surface area contributed by atoms with Gasteiger partial charge in [-0.2, -0.15) is 0 Å². The van der Waals surface area contributed by atoms with Gasteiger partial charge in [0.15, 0.2) is 0 Å². The highest BCUT2D eigenvalue weighted by Gasteiger charge is 2.05. The normalized spacial score (nSPS) is 11.1. The monoisotopic (exact) mass is 212 g/mol. The SMILES string of the molecule is Fc1[c]c2ccc3c(F)[c]ccc3c2cc1. The second-order valence-electron chi connectivity index (χ2n) is 3.59. The molecular formula is C14H6F2. The van der Waals surface area contributed by atoms with Crippen LogP contribution in [-0.4, -0.2) is 0 Å². The van der Waals surface area contributed by atoms with E-state index < -0.39 is 5.82 Å². The summed E-state index contributed by atoms with van der Waals surface area (Å²) in [5.74, 6) is -0.793. The second kappa shape index (κ2) is 3.27. The summed E-state index contributed by atoms with van der Waals surface area (Å²) in [6.07, 6.45) is 0. The lowest BCUT2D eigenvalue weighted by Gasteiger charge is -2.03. The van der Waals surface area contributed by atoms with Crippen molar-refractivity contribution in [3.63, 3.8) is 0 Å². The van der Waals surface area contributed by atoms with Crippen molar-refractivity contribution in [1.82, 2.24) is 0 Å². The summed E-state index contributed by atoms with van der Waals surface area (Å²) in [5.41, 5.74) is 0. The highest BCUT2D eigenvalue weighted by molar-refractivity contribution is 6.07. The van der Waals surface area contributed by atoms with Gasteiger partial charge < -0.3 is 0 Å². The Labute approximate surface area is 91.1 Å². The topological polar surface area (TPSA) is 0 Å². The zero-order valence-corrected chi connectivity index (χ0v) is 8.22. The first kappa shape index (κ1) is 9.28. The fraction of sp³-hybridized carbons (Fsp3) is 0. The molecule has 0 N–H and O–H groups in total.